The number of hydrogen-bond donors (Lipinski definition) is 1. The number of nitrogens with zero attached hydrogens (tertiary/aromatic N) is 3. The van der Waals surface area contributed by atoms with Gasteiger partial charge in [0, 0.05) is 41.0 Å². The van der Waals surface area contributed by atoms with Crippen LogP contribution in [0.2, 0.25) is 0 Å². The molecule has 7 nitrogen and oxygen atoms in total. The van der Waals surface area contributed by atoms with E-state index in [0.717, 1.165) is 27.8 Å². The second kappa shape index (κ2) is 8.02. The van der Waals surface area contributed by atoms with Crippen LogP contribution in [0.5, 0.6) is 17.2 Å². The minimum Gasteiger partial charge on any atom is -0.493 e. The van der Waals surface area contributed by atoms with Crippen LogP contribution in [0.25, 0.3) is 22.2 Å². The predicted octanol–water partition coefficient (Wildman–Crippen LogP) is 4.46. The highest BCUT2D eigenvalue weighted by Crippen LogP contribution is 2.40. The maximum atomic E-state index is 5.41. The molecular formula is C22H20N4O3. The smallest absolute Gasteiger partial charge is 0.203 e. The Labute approximate surface area is 168 Å². The fraction of sp³-hybridized carbons (Fsp3) is 0.136. The molecule has 0 bridgehead atoms. The summed E-state index contributed by atoms with van der Waals surface area (Å²) < 4.78 is 16.2. The highest BCUT2D eigenvalue weighted by Gasteiger charge is 2.14. The third kappa shape index (κ3) is 3.75. The largest absolute Gasteiger partial charge is 0.493 e. The molecule has 2 aromatic heterocycles. The average molecular weight is 388 g/mol. The number of rotatable bonds is 6. The van der Waals surface area contributed by atoms with Crippen molar-refractivity contribution in [2.24, 2.45) is 0 Å². The van der Waals surface area contributed by atoms with Crippen molar-refractivity contribution >= 4 is 22.4 Å². The monoisotopic (exact) mass is 388 g/mol. The topological polar surface area (TPSA) is 78.4 Å². The van der Waals surface area contributed by atoms with Gasteiger partial charge >= 0.3 is 0 Å². The van der Waals surface area contributed by atoms with Crippen LogP contribution in [-0.4, -0.2) is 36.3 Å². The highest BCUT2D eigenvalue weighted by atomic mass is 16.5. The molecule has 146 valence electrons. The number of fused-ring (bicyclic) bond motifs is 1. The third-order valence-electron chi connectivity index (χ3n) is 4.50. The van der Waals surface area contributed by atoms with Gasteiger partial charge in [0.1, 0.15) is 12.1 Å². The summed E-state index contributed by atoms with van der Waals surface area (Å²) in [6.07, 6.45) is 3.31. The fourth-order valence-electron chi connectivity index (χ4n) is 3.12. The van der Waals surface area contributed by atoms with Gasteiger partial charge in [0.05, 0.1) is 32.5 Å². The van der Waals surface area contributed by atoms with E-state index >= 15 is 0 Å². The number of benzene rings is 2. The molecule has 29 heavy (non-hydrogen) atoms. The van der Waals surface area contributed by atoms with E-state index in [2.05, 4.69) is 26.3 Å². The van der Waals surface area contributed by atoms with Crippen molar-refractivity contribution in [2.75, 3.05) is 26.6 Å². The second-order valence-electron chi connectivity index (χ2n) is 6.24. The van der Waals surface area contributed by atoms with Gasteiger partial charge in [-0.25, -0.2) is 9.97 Å². The normalized spacial score (nSPS) is 10.6. The Balaban J connectivity index is 1.67. The minimum atomic E-state index is 0.536. The Morgan fingerprint density at radius 3 is 2.31 bits per heavy atom. The van der Waals surface area contributed by atoms with Crippen molar-refractivity contribution < 1.29 is 14.2 Å². The van der Waals surface area contributed by atoms with Crippen LogP contribution in [0.4, 0.5) is 11.5 Å². The van der Waals surface area contributed by atoms with E-state index in [1.807, 2.05) is 42.5 Å². The van der Waals surface area contributed by atoms with Crippen molar-refractivity contribution in [3.8, 4) is 28.5 Å². The first kappa shape index (κ1) is 18.5. The zero-order valence-electron chi connectivity index (χ0n) is 16.3. The Morgan fingerprint density at radius 2 is 1.59 bits per heavy atom. The molecule has 0 atom stereocenters. The maximum Gasteiger partial charge on any atom is 0.203 e. The van der Waals surface area contributed by atoms with Crippen molar-refractivity contribution in [1.29, 1.82) is 0 Å². The average Bonchev–Trinajstić information content (AvgIpc) is 2.78. The molecule has 7 heteroatoms. The quantitative estimate of drug-likeness (QED) is 0.522. The summed E-state index contributed by atoms with van der Waals surface area (Å²) in [6.45, 7) is 0. The Morgan fingerprint density at radius 1 is 0.793 bits per heavy atom. The number of anilines is 2. The molecule has 0 aliphatic rings. The van der Waals surface area contributed by atoms with Crippen LogP contribution in [0.15, 0.2) is 61.1 Å². The second-order valence-corrected chi connectivity index (χ2v) is 6.24. The van der Waals surface area contributed by atoms with E-state index in [4.69, 9.17) is 14.2 Å². The van der Waals surface area contributed by atoms with E-state index in [1.165, 1.54) is 6.33 Å². The summed E-state index contributed by atoms with van der Waals surface area (Å²) in [6, 6.07) is 15.5. The summed E-state index contributed by atoms with van der Waals surface area (Å²) in [5, 5.41) is 4.33. The van der Waals surface area contributed by atoms with Crippen LogP contribution in [0, 0.1) is 0 Å². The SMILES string of the molecule is COc1cc(Nc2cc(-c3ccc4ncccc4c3)ncn2)cc(OC)c1OC. The lowest BCUT2D eigenvalue weighted by atomic mass is 10.1. The van der Waals surface area contributed by atoms with Crippen LogP contribution in [0.3, 0.4) is 0 Å². The van der Waals surface area contributed by atoms with E-state index < -0.39 is 0 Å². The Hall–Kier alpha value is -3.87. The first-order valence-corrected chi connectivity index (χ1v) is 8.96. The van der Waals surface area contributed by atoms with Gasteiger partial charge in [0.2, 0.25) is 5.75 Å². The van der Waals surface area contributed by atoms with Crippen LogP contribution < -0.4 is 19.5 Å². The van der Waals surface area contributed by atoms with E-state index in [1.54, 1.807) is 27.5 Å². The van der Waals surface area contributed by atoms with Gasteiger partial charge in [-0.15, -0.1) is 0 Å². The number of ether oxygens (including phenoxy) is 3. The van der Waals surface area contributed by atoms with Crippen LogP contribution >= 0.6 is 0 Å². The van der Waals surface area contributed by atoms with Crippen molar-refractivity contribution in [3.63, 3.8) is 0 Å². The molecule has 0 unspecified atom stereocenters. The third-order valence-corrected chi connectivity index (χ3v) is 4.50. The number of methoxy groups -OCH3 is 3. The maximum absolute atomic E-state index is 5.41. The molecule has 0 saturated carbocycles. The number of hydrogen-bond acceptors (Lipinski definition) is 7. The standard InChI is InChI=1S/C22H20N4O3/c1-27-19-10-16(11-20(28-2)22(19)29-3)26-21-12-18(24-13-25-21)15-6-7-17-14(9-15)5-4-8-23-17/h4-13H,1-3H3,(H,24,25,26). The van der Waals surface area contributed by atoms with Gasteiger partial charge in [-0.2, -0.15) is 0 Å². The molecule has 0 radical (unpaired) electrons. The van der Waals surface area contributed by atoms with Crippen molar-refractivity contribution in [2.45, 2.75) is 0 Å². The first-order chi connectivity index (χ1) is 14.2. The van der Waals surface area contributed by atoms with Crippen molar-refractivity contribution in [1.82, 2.24) is 15.0 Å². The zero-order chi connectivity index (χ0) is 20.2. The van der Waals surface area contributed by atoms with Gasteiger partial charge in [-0.1, -0.05) is 12.1 Å². The van der Waals surface area contributed by atoms with Crippen molar-refractivity contribution in [3.05, 3.63) is 61.1 Å². The minimum absolute atomic E-state index is 0.536. The van der Waals surface area contributed by atoms with E-state index in [-0.39, 0.29) is 0 Å². The van der Waals surface area contributed by atoms with Crippen LogP contribution in [0.1, 0.15) is 0 Å². The lowest BCUT2D eigenvalue weighted by Gasteiger charge is -2.15. The van der Waals surface area contributed by atoms with Gasteiger partial charge in [0.25, 0.3) is 0 Å². The molecule has 0 aliphatic heterocycles. The van der Waals surface area contributed by atoms with Crippen LogP contribution in [-0.2, 0) is 0 Å². The molecule has 2 heterocycles. The molecule has 0 amide bonds. The summed E-state index contributed by atoms with van der Waals surface area (Å²) in [5.41, 5.74) is 3.49. The van der Waals surface area contributed by atoms with Gasteiger partial charge in [-0.05, 0) is 18.2 Å². The summed E-state index contributed by atoms with van der Waals surface area (Å²) in [5.74, 6) is 2.31. The Kier molecular flexibility index (Phi) is 5.11. The fourth-order valence-corrected chi connectivity index (χ4v) is 3.12. The molecule has 0 spiro atoms. The number of aromatic nitrogens is 3. The highest BCUT2D eigenvalue weighted by molar-refractivity contribution is 5.84. The predicted molar refractivity (Wildman–Crippen MR) is 112 cm³/mol. The van der Waals surface area contributed by atoms with Gasteiger partial charge < -0.3 is 19.5 Å². The molecule has 1 N–H and O–H groups in total. The van der Waals surface area contributed by atoms with E-state index in [0.29, 0.717) is 23.1 Å². The first-order valence-electron chi connectivity index (χ1n) is 8.96. The summed E-state index contributed by atoms with van der Waals surface area (Å²) >= 11 is 0. The molecule has 0 aliphatic carbocycles. The number of nitrogens with one attached hydrogen (secondary N) is 1. The lowest BCUT2D eigenvalue weighted by molar-refractivity contribution is 0.324. The summed E-state index contributed by atoms with van der Waals surface area (Å²) in [7, 11) is 4.74. The molecule has 0 fully saturated rings. The molecule has 4 aromatic rings. The van der Waals surface area contributed by atoms with Gasteiger partial charge in [0.15, 0.2) is 11.5 Å². The Bertz CT molecular complexity index is 1140. The number of pyridine rings is 1. The lowest BCUT2D eigenvalue weighted by Crippen LogP contribution is -1.99. The zero-order valence-corrected chi connectivity index (χ0v) is 16.3. The van der Waals surface area contributed by atoms with Gasteiger partial charge in [-0.3, -0.25) is 4.98 Å². The molecule has 0 saturated heterocycles. The summed E-state index contributed by atoms with van der Waals surface area (Å²) in [4.78, 5) is 13.1. The molecule has 2 aromatic carbocycles. The molecule has 4 rings (SSSR count). The van der Waals surface area contributed by atoms with E-state index in [9.17, 15) is 0 Å². The molecular weight excluding hydrogens is 368 g/mol.